The summed E-state index contributed by atoms with van der Waals surface area (Å²) in [4.78, 5) is 21.6. The first kappa shape index (κ1) is 20.9. The van der Waals surface area contributed by atoms with Gasteiger partial charge in [-0.25, -0.2) is 4.98 Å². The summed E-state index contributed by atoms with van der Waals surface area (Å²) in [5, 5.41) is 5.19. The van der Waals surface area contributed by atoms with Crippen LogP contribution in [0.3, 0.4) is 0 Å². The lowest BCUT2D eigenvalue weighted by atomic mass is 9.91. The van der Waals surface area contributed by atoms with Gasteiger partial charge in [-0.05, 0) is 90.7 Å². The number of nitrogens with one attached hydrogen (secondary N) is 2. The molecule has 2 aromatic heterocycles. The molecular formula is C24H22BrIN4O. The Bertz CT molecular complexity index is 1290. The third-order valence-corrected chi connectivity index (χ3v) is 7.21. The zero-order chi connectivity index (χ0) is 21.5. The fourth-order valence-corrected chi connectivity index (χ4v) is 5.21. The number of H-pyrrole nitrogens is 1. The normalized spacial score (nSPS) is 19.1. The molecule has 1 saturated carbocycles. The average molecular weight is 589 g/mol. The molecule has 5 nitrogen and oxygen atoms in total. The summed E-state index contributed by atoms with van der Waals surface area (Å²) in [5.41, 5.74) is 10.3. The van der Waals surface area contributed by atoms with Crippen molar-refractivity contribution in [3.05, 3.63) is 62.3 Å². The van der Waals surface area contributed by atoms with Gasteiger partial charge in [0.25, 0.3) is 5.91 Å². The number of hydrogen-bond acceptors (Lipinski definition) is 3. The molecule has 0 saturated heterocycles. The molecule has 1 amide bonds. The van der Waals surface area contributed by atoms with Gasteiger partial charge in [-0.3, -0.25) is 4.79 Å². The van der Waals surface area contributed by atoms with Gasteiger partial charge in [0.1, 0.15) is 0 Å². The second-order valence-electron chi connectivity index (χ2n) is 8.19. The maximum atomic E-state index is 13.4. The van der Waals surface area contributed by atoms with Crippen molar-refractivity contribution in [2.45, 2.75) is 37.8 Å². The lowest BCUT2D eigenvalue weighted by molar-refractivity contribution is 0.0927. The Labute approximate surface area is 202 Å². The number of nitrogens with zero attached hydrogens (tertiary/aromatic N) is 1. The lowest BCUT2D eigenvalue weighted by Gasteiger charge is -2.27. The van der Waals surface area contributed by atoms with Crippen molar-refractivity contribution in [3.8, 4) is 11.3 Å². The fraction of sp³-hybridized carbons (Fsp3) is 0.250. The molecule has 0 radical (unpaired) electrons. The SMILES string of the molecule is NC1CCC(NC(=O)c2cc(-c3c[nH]c4ccc(Br)cc34)nc3ccc(I)cc23)CC1. The van der Waals surface area contributed by atoms with Crippen LogP contribution in [0.1, 0.15) is 36.0 Å². The standard InChI is InChI=1S/C24H22BrIN4O/c25-13-1-7-21-17(9-13)20(12-28-21)23-11-19(18-10-14(26)2-8-22(18)30-23)24(31)29-16-5-3-15(27)4-6-16/h1-2,7-12,15-16,28H,3-6,27H2,(H,29,31). The van der Waals surface area contributed by atoms with Gasteiger partial charge in [0.05, 0.1) is 16.8 Å². The van der Waals surface area contributed by atoms with E-state index in [1.54, 1.807) is 0 Å². The van der Waals surface area contributed by atoms with E-state index in [1.165, 1.54) is 0 Å². The lowest BCUT2D eigenvalue weighted by Crippen LogP contribution is -2.40. The second-order valence-corrected chi connectivity index (χ2v) is 10.4. The first-order chi connectivity index (χ1) is 15.0. The predicted octanol–water partition coefficient (Wildman–Crippen LogP) is 5.75. The number of carbonyl (C=O) groups is 1. The molecule has 7 heteroatoms. The Balaban J connectivity index is 1.60. The van der Waals surface area contributed by atoms with Gasteiger partial charge in [-0.2, -0.15) is 0 Å². The van der Waals surface area contributed by atoms with Crippen LogP contribution in [-0.4, -0.2) is 28.0 Å². The van der Waals surface area contributed by atoms with E-state index >= 15 is 0 Å². The molecule has 4 N–H and O–H groups in total. The van der Waals surface area contributed by atoms with Crippen LogP contribution in [0.15, 0.2) is 53.1 Å². The van der Waals surface area contributed by atoms with Crippen LogP contribution in [0.4, 0.5) is 0 Å². The van der Waals surface area contributed by atoms with Crippen molar-refractivity contribution in [1.29, 1.82) is 0 Å². The van der Waals surface area contributed by atoms with Crippen molar-refractivity contribution in [1.82, 2.24) is 15.3 Å². The van der Waals surface area contributed by atoms with Crippen LogP contribution in [0.2, 0.25) is 0 Å². The van der Waals surface area contributed by atoms with Crippen molar-refractivity contribution in [3.63, 3.8) is 0 Å². The summed E-state index contributed by atoms with van der Waals surface area (Å²) in [6.07, 6.45) is 5.72. The molecule has 1 aliphatic carbocycles. The topological polar surface area (TPSA) is 83.8 Å². The minimum absolute atomic E-state index is 0.0443. The van der Waals surface area contributed by atoms with Gasteiger partial charge in [0.2, 0.25) is 0 Å². The minimum atomic E-state index is -0.0443. The summed E-state index contributed by atoms with van der Waals surface area (Å²) in [5.74, 6) is -0.0443. The van der Waals surface area contributed by atoms with E-state index in [0.717, 1.165) is 66.8 Å². The van der Waals surface area contributed by atoms with E-state index < -0.39 is 0 Å². The summed E-state index contributed by atoms with van der Waals surface area (Å²) in [7, 11) is 0. The molecule has 2 heterocycles. The molecule has 0 bridgehead atoms. The Morgan fingerprint density at radius 2 is 1.90 bits per heavy atom. The number of hydrogen-bond donors (Lipinski definition) is 3. The van der Waals surface area contributed by atoms with E-state index in [4.69, 9.17) is 10.7 Å². The third kappa shape index (κ3) is 4.23. The quantitative estimate of drug-likeness (QED) is 0.266. The molecule has 1 aliphatic rings. The smallest absolute Gasteiger partial charge is 0.252 e. The number of aromatic amines is 1. The number of rotatable bonds is 3. The van der Waals surface area contributed by atoms with E-state index in [2.05, 4.69) is 54.9 Å². The van der Waals surface area contributed by atoms with Gasteiger partial charge >= 0.3 is 0 Å². The number of halogens is 2. The molecule has 2 aromatic carbocycles. The van der Waals surface area contributed by atoms with Crippen LogP contribution < -0.4 is 11.1 Å². The number of amides is 1. The number of carbonyl (C=O) groups excluding carboxylic acids is 1. The monoisotopic (exact) mass is 588 g/mol. The van der Waals surface area contributed by atoms with Crippen LogP contribution >= 0.6 is 38.5 Å². The van der Waals surface area contributed by atoms with Crippen LogP contribution in [0.25, 0.3) is 33.1 Å². The highest BCUT2D eigenvalue weighted by molar-refractivity contribution is 14.1. The number of fused-ring (bicyclic) bond motifs is 2. The van der Waals surface area contributed by atoms with E-state index in [1.807, 2.05) is 42.6 Å². The first-order valence-corrected chi connectivity index (χ1v) is 12.3. The zero-order valence-corrected chi connectivity index (χ0v) is 20.5. The molecule has 5 rings (SSSR count). The van der Waals surface area contributed by atoms with Crippen molar-refractivity contribution < 1.29 is 4.79 Å². The molecule has 0 atom stereocenters. The molecule has 158 valence electrons. The Kier molecular flexibility index (Phi) is 5.75. The molecular weight excluding hydrogens is 567 g/mol. The zero-order valence-electron chi connectivity index (χ0n) is 16.8. The summed E-state index contributed by atoms with van der Waals surface area (Å²) in [6, 6.07) is 14.5. The minimum Gasteiger partial charge on any atom is -0.360 e. The fourth-order valence-electron chi connectivity index (χ4n) is 4.36. The predicted molar refractivity (Wildman–Crippen MR) is 137 cm³/mol. The highest BCUT2D eigenvalue weighted by Crippen LogP contribution is 2.32. The van der Waals surface area contributed by atoms with E-state index in [-0.39, 0.29) is 18.0 Å². The molecule has 1 fully saturated rings. The van der Waals surface area contributed by atoms with Crippen LogP contribution in [0, 0.1) is 3.57 Å². The highest BCUT2D eigenvalue weighted by atomic mass is 127. The molecule has 4 aromatic rings. The molecule has 0 spiro atoms. The van der Waals surface area contributed by atoms with Gasteiger partial charge < -0.3 is 16.0 Å². The maximum absolute atomic E-state index is 13.4. The van der Waals surface area contributed by atoms with Crippen LogP contribution in [-0.2, 0) is 0 Å². The van der Waals surface area contributed by atoms with Crippen molar-refractivity contribution in [2.24, 2.45) is 5.73 Å². The van der Waals surface area contributed by atoms with Gasteiger partial charge in [-0.15, -0.1) is 0 Å². The number of benzene rings is 2. The maximum Gasteiger partial charge on any atom is 0.252 e. The summed E-state index contributed by atoms with van der Waals surface area (Å²) < 4.78 is 2.08. The first-order valence-electron chi connectivity index (χ1n) is 10.4. The highest BCUT2D eigenvalue weighted by Gasteiger charge is 2.22. The molecule has 0 unspecified atom stereocenters. The van der Waals surface area contributed by atoms with Crippen molar-refractivity contribution >= 4 is 66.2 Å². The molecule has 31 heavy (non-hydrogen) atoms. The largest absolute Gasteiger partial charge is 0.360 e. The number of nitrogens with two attached hydrogens (primary N) is 1. The second kappa shape index (κ2) is 8.52. The Morgan fingerprint density at radius 3 is 2.71 bits per heavy atom. The Hall–Kier alpha value is -1.97. The average Bonchev–Trinajstić information content (AvgIpc) is 3.17. The van der Waals surface area contributed by atoms with E-state index in [9.17, 15) is 4.79 Å². The van der Waals surface area contributed by atoms with Gasteiger partial charge in [0, 0.05) is 48.2 Å². The van der Waals surface area contributed by atoms with Gasteiger partial charge in [0.15, 0.2) is 0 Å². The summed E-state index contributed by atoms with van der Waals surface area (Å²) >= 11 is 5.84. The summed E-state index contributed by atoms with van der Waals surface area (Å²) in [6.45, 7) is 0. The molecule has 0 aliphatic heterocycles. The Morgan fingerprint density at radius 1 is 1.10 bits per heavy atom. The van der Waals surface area contributed by atoms with Gasteiger partial charge in [-0.1, -0.05) is 15.9 Å². The number of aromatic nitrogens is 2. The van der Waals surface area contributed by atoms with E-state index in [0.29, 0.717) is 5.56 Å². The number of pyridine rings is 1. The van der Waals surface area contributed by atoms with Crippen LogP contribution in [0.5, 0.6) is 0 Å². The third-order valence-electron chi connectivity index (χ3n) is 6.04. The van der Waals surface area contributed by atoms with Crippen molar-refractivity contribution in [2.75, 3.05) is 0 Å².